The first-order chi connectivity index (χ1) is 7.70. The van der Waals surface area contributed by atoms with Gasteiger partial charge in [-0.2, -0.15) is 13.2 Å². The lowest BCUT2D eigenvalue weighted by molar-refractivity contribution is -0.133. The standard InChI is InChI=1S/C10H6ClF5O/c11-6-4-8(13)7(12)3-5(6)9(17)1-2-10(14,15)16/h3-4H,1-2H2. The van der Waals surface area contributed by atoms with E-state index in [1.807, 2.05) is 0 Å². The number of Topliss-reactive ketones (excluding diaryl/α,β-unsaturated/α-hetero) is 1. The first-order valence-corrected chi connectivity index (χ1v) is 4.83. The predicted molar refractivity (Wildman–Crippen MR) is 51.0 cm³/mol. The van der Waals surface area contributed by atoms with Crippen molar-refractivity contribution in [3.63, 3.8) is 0 Å². The van der Waals surface area contributed by atoms with Crippen molar-refractivity contribution in [2.45, 2.75) is 19.0 Å². The molecule has 0 unspecified atom stereocenters. The van der Waals surface area contributed by atoms with Crippen molar-refractivity contribution in [3.8, 4) is 0 Å². The molecule has 0 N–H and O–H groups in total. The van der Waals surface area contributed by atoms with Crippen LogP contribution in [0, 0.1) is 11.6 Å². The maximum atomic E-state index is 12.8. The largest absolute Gasteiger partial charge is 0.389 e. The van der Waals surface area contributed by atoms with E-state index in [0.29, 0.717) is 12.1 Å². The van der Waals surface area contributed by atoms with Crippen LogP contribution in [0.15, 0.2) is 12.1 Å². The van der Waals surface area contributed by atoms with Crippen LogP contribution in [0.1, 0.15) is 23.2 Å². The van der Waals surface area contributed by atoms with Crippen LogP contribution in [-0.4, -0.2) is 12.0 Å². The van der Waals surface area contributed by atoms with Crippen LogP contribution in [0.25, 0.3) is 0 Å². The average Bonchev–Trinajstić information content (AvgIpc) is 2.19. The van der Waals surface area contributed by atoms with Crippen molar-refractivity contribution in [2.75, 3.05) is 0 Å². The van der Waals surface area contributed by atoms with Crippen molar-refractivity contribution < 1.29 is 26.7 Å². The van der Waals surface area contributed by atoms with E-state index in [1.54, 1.807) is 0 Å². The molecule has 1 nitrogen and oxygen atoms in total. The summed E-state index contributed by atoms with van der Waals surface area (Å²) in [6, 6.07) is 1.05. The number of benzene rings is 1. The number of hydrogen-bond acceptors (Lipinski definition) is 1. The SMILES string of the molecule is O=C(CCC(F)(F)F)c1cc(F)c(F)cc1Cl. The van der Waals surface area contributed by atoms with Gasteiger partial charge in [0.1, 0.15) is 0 Å². The van der Waals surface area contributed by atoms with Gasteiger partial charge in [-0.05, 0) is 12.1 Å². The maximum absolute atomic E-state index is 12.8. The molecule has 0 aliphatic heterocycles. The second-order valence-electron chi connectivity index (χ2n) is 3.28. The zero-order valence-electron chi connectivity index (χ0n) is 8.24. The fourth-order valence-corrected chi connectivity index (χ4v) is 1.38. The Hall–Kier alpha value is -1.17. The molecular weight excluding hydrogens is 267 g/mol. The third kappa shape index (κ3) is 3.96. The fourth-order valence-electron chi connectivity index (χ4n) is 1.13. The summed E-state index contributed by atoms with van der Waals surface area (Å²) in [6.45, 7) is 0. The van der Waals surface area contributed by atoms with Gasteiger partial charge < -0.3 is 0 Å². The molecular formula is C10H6ClF5O. The molecule has 0 aliphatic rings. The highest BCUT2D eigenvalue weighted by molar-refractivity contribution is 6.33. The Kier molecular flexibility index (Phi) is 4.08. The highest BCUT2D eigenvalue weighted by Gasteiger charge is 2.28. The zero-order valence-corrected chi connectivity index (χ0v) is 9.00. The number of hydrogen-bond donors (Lipinski definition) is 0. The van der Waals surface area contributed by atoms with E-state index in [0.717, 1.165) is 0 Å². The molecule has 1 aromatic rings. The van der Waals surface area contributed by atoms with E-state index in [4.69, 9.17) is 11.6 Å². The summed E-state index contributed by atoms with van der Waals surface area (Å²) in [5, 5.41) is -0.406. The molecule has 0 fully saturated rings. The Morgan fingerprint density at radius 1 is 1.18 bits per heavy atom. The Balaban J connectivity index is 2.86. The van der Waals surface area contributed by atoms with E-state index in [1.165, 1.54) is 0 Å². The monoisotopic (exact) mass is 272 g/mol. The third-order valence-electron chi connectivity index (χ3n) is 1.95. The van der Waals surface area contributed by atoms with Gasteiger partial charge in [0, 0.05) is 12.0 Å². The van der Waals surface area contributed by atoms with Gasteiger partial charge in [-0.25, -0.2) is 8.78 Å². The van der Waals surface area contributed by atoms with Gasteiger partial charge in [0.25, 0.3) is 0 Å². The van der Waals surface area contributed by atoms with Crippen LogP contribution < -0.4 is 0 Å². The van der Waals surface area contributed by atoms with Crippen molar-refractivity contribution in [2.24, 2.45) is 0 Å². The summed E-state index contributed by atoms with van der Waals surface area (Å²) in [5.74, 6) is -3.57. The van der Waals surface area contributed by atoms with Crippen LogP contribution >= 0.6 is 11.6 Å². The van der Waals surface area contributed by atoms with E-state index >= 15 is 0 Å². The summed E-state index contributed by atoms with van der Waals surface area (Å²) >= 11 is 5.44. The minimum absolute atomic E-state index is 0.406. The van der Waals surface area contributed by atoms with Gasteiger partial charge in [0.2, 0.25) is 0 Å². The molecule has 0 saturated heterocycles. The number of carbonyl (C=O) groups is 1. The molecule has 0 heterocycles. The maximum Gasteiger partial charge on any atom is 0.389 e. The van der Waals surface area contributed by atoms with E-state index in [9.17, 15) is 26.7 Å². The molecule has 0 atom stereocenters. The topological polar surface area (TPSA) is 17.1 Å². The first-order valence-electron chi connectivity index (χ1n) is 4.45. The molecule has 0 bridgehead atoms. The third-order valence-corrected chi connectivity index (χ3v) is 2.26. The smallest absolute Gasteiger partial charge is 0.294 e. The van der Waals surface area contributed by atoms with Crippen LogP contribution in [0.4, 0.5) is 22.0 Å². The van der Waals surface area contributed by atoms with E-state index in [2.05, 4.69) is 0 Å². The predicted octanol–water partition coefficient (Wildman–Crippen LogP) is 4.14. The summed E-state index contributed by atoms with van der Waals surface area (Å²) in [6.07, 6.45) is -6.67. The molecule has 0 saturated carbocycles. The number of alkyl halides is 3. The van der Waals surface area contributed by atoms with Crippen LogP contribution in [0.5, 0.6) is 0 Å². The summed E-state index contributed by atoms with van der Waals surface area (Å²) in [4.78, 5) is 11.3. The molecule has 0 aliphatic carbocycles. The lowest BCUT2D eigenvalue weighted by Crippen LogP contribution is -2.11. The molecule has 0 spiro atoms. The Labute approximate surface area is 98.2 Å². The van der Waals surface area contributed by atoms with Crippen LogP contribution in [-0.2, 0) is 0 Å². The summed E-state index contributed by atoms with van der Waals surface area (Å²) in [5.41, 5.74) is -0.449. The van der Waals surface area contributed by atoms with Gasteiger partial charge in [-0.1, -0.05) is 11.6 Å². The lowest BCUT2D eigenvalue weighted by Gasteiger charge is -2.07. The number of rotatable bonds is 3. The highest BCUT2D eigenvalue weighted by Crippen LogP contribution is 2.26. The Morgan fingerprint density at radius 2 is 1.71 bits per heavy atom. The Morgan fingerprint density at radius 3 is 2.24 bits per heavy atom. The second kappa shape index (κ2) is 5.00. The normalized spacial score (nSPS) is 11.6. The number of carbonyl (C=O) groups excluding carboxylic acids is 1. The molecule has 0 amide bonds. The minimum Gasteiger partial charge on any atom is -0.294 e. The van der Waals surface area contributed by atoms with Crippen molar-refractivity contribution in [1.29, 1.82) is 0 Å². The summed E-state index contributed by atoms with van der Waals surface area (Å²) < 4.78 is 61.0. The second-order valence-corrected chi connectivity index (χ2v) is 3.69. The van der Waals surface area contributed by atoms with E-state index < -0.39 is 47.0 Å². The molecule has 1 aromatic carbocycles. The molecule has 94 valence electrons. The minimum atomic E-state index is -4.49. The number of halogens is 6. The number of ketones is 1. The lowest BCUT2D eigenvalue weighted by atomic mass is 10.1. The fraction of sp³-hybridized carbons (Fsp3) is 0.300. The van der Waals surface area contributed by atoms with Crippen LogP contribution in [0.3, 0.4) is 0 Å². The molecule has 0 aromatic heterocycles. The van der Waals surface area contributed by atoms with Gasteiger partial charge >= 0.3 is 6.18 Å². The Bertz CT molecular complexity index is 441. The van der Waals surface area contributed by atoms with Crippen molar-refractivity contribution in [1.82, 2.24) is 0 Å². The molecule has 1 rings (SSSR count). The van der Waals surface area contributed by atoms with Crippen molar-refractivity contribution >= 4 is 17.4 Å². The molecule has 0 radical (unpaired) electrons. The first kappa shape index (κ1) is 13.9. The van der Waals surface area contributed by atoms with Gasteiger partial charge in [-0.15, -0.1) is 0 Å². The quantitative estimate of drug-likeness (QED) is 0.459. The van der Waals surface area contributed by atoms with Gasteiger partial charge in [0.05, 0.1) is 11.4 Å². The summed E-state index contributed by atoms with van der Waals surface area (Å²) in [7, 11) is 0. The van der Waals surface area contributed by atoms with E-state index in [-0.39, 0.29) is 0 Å². The van der Waals surface area contributed by atoms with Gasteiger partial charge in [-0.3, -0.25) is 4.79 Å². The zero-order chi connectivity index (χ0) is 13.2. The van der Waals surface area contributed by atoms with Crippen molar-refractivity contribution in [3.05, 3.63) is 34.4 Å². The van der Waals surface area contributed by atoms with Crippen LogP contribution in [0.2, 0.25) is 5.02 Å². The average molecular weight is 273 g/mol. The molecule has 7 heteroatoms. The van der Waals surface area contributed by atoms with Gasteiger partial charge in [0.15, 0.2) is 17.4 Å². The molecule has 17 heavy (non-hydrogen) atoms. The highest BCUT2D eigenvalue weighted by atomic mass is 35.5.